The van der Waals surface area contributed by atoms with Crippen LogP contribution in [0.1, 0.15) is 36.2 Å². The number of H-pyrrole nitrogens is 2. The van der Waals surface area contributed by atoms with Crippen molar-refractivity contribution in [1.82, 2.24) is 20.2 Å². The summed E-state index contributed by atoms with van der Waals surface area (Å²) in [7, 11) is 0. The lowest BCUT2D eigenvalue weighted by Crippen LogP contribution is -2.52. The molecule has 1 aromatic rings. The van der Waals surface area contributed by atoms with Crippen LogP contribution in [-0.2, 0) is 0 Å². The van der Waals surface area contributed by atoms with Crippen molar-refractivity contribution >= 4 is 5.91 Å². The second-order valence-corrected chi connectivity index (χ2v) is 6.11. The van der Waals surface area contributed by atoms with E-state index in [4.69, 9.17) is 0 Å². The zero-order chi connectivity index (χ0) is 14.9. The lowest BCUT2D eigenvalue weighted by Gasteiger charge is -2.45. The number of hydrogen-bond donors (Lipinski definition) is 3. The van der Waals surface area contributed by atoms with Crippen LogP contribution in [0.3, 0.4) is 0 Å². The molecule has 1 unspecified atom stereocenters. The first-order chi connectivity index (χ1) is 10.1. The summed E-state index contributed by atoms with van der Waals surface area (Å²) in [5.74, 6) is -0.261. The van der Waals surface area contributed by atoms with Gasteiger partial charge in [0.25, 0.3) is 11.5 Å². The van der Waals surface area contributed by atoms with Crippen LogP contribution < -0.4 is 16.6 Å². The second kappa shape index (κ2) is 5.48. The normalized spacial score (nSPS) is 26.0. The van der Waals surface area contributed by atoms with Crippen LogP contribution in [0.4, 0.5) is 0 Å². The highest BCUT2D eigenvalue weighted by Crippen LogP contribution is 2.36. The number of amides is 1. The van der Waals surface area contributed by atoms with Crippen LogP contribution in [0.5, 0.6) is 0 Å². The molecule has 1 spiro atoms. The van der Waals surface area contributed by atoms with E-state index in [0.29, 0.717) is 13.1 Å². The Kier molecular flexibility index (Phi) is 3.67. The highest BCUT2D eigenvalue weighted by Gasteiger charge is 2.38. The molecule has 2 saturated heterocycles. The summed E-state index contributed by atoms with van der Waals surface area (Å²) in [5, 5.41) is 3.41. The van der Waals surface area contributed by atoms with E-state index in [-0.39, 0.29) is 17.0 Å². The molecule has 7 heteroatoms. The average Bonchev–Trinajstić information content (AvgIpc) is 2.46. The van der Waals surface area contributed by atoms with Gasteiger partial charge < -0.3 is 15.2 Å². The molecule has 21 heavy (non-hydrogen) atoms. The number of carbonyl (C=O) groups is 1. The second-order valence-electron chi connectivity index (χ2n) is 6.11. The molecule has 1 amide bonds. The van der Waals surface area contributed by atoms with Gasteiger partial charge in [-0.15, -0.1) is 0 Å². The molecule has 0 bridgehead atoms. The van der Waals surface area contributed by atoms with Crippen molar-refractivity contribution in [1.29, 1.82) is 0 Å². The van der Waals surface area contributed by atoms with Crippen molar-refractivity contribution in [2.75, 3.05) is 26.2 Å². The zero-order valence-corrected chi connectivity index (χ0v) is 11.9. The van der Waals surface area contributed by atoms with Crippen LogP contribution in [0.15, 0.2) is 15.7 Å². The van der Waals surface area contributed by atoms with Crippen molar-refractivity contribution in [3.8, 4) is 0 Å². The van der Waals surface area contributed by atoms with Crippen LogP contribution in [-0.4, -0.2) is 47.0 Å². The zero-order valence-electron chi connectivity index (χ0n) is 11.9. The van der Waals surface area contributed by atoms with Gasteiger partial charge in [0.2, 0.25) is 0 Å². The minimum atomic E-state index is -0.642. The van der Waals surface area contributed by atoms with E-state index in [1.165, 1.54) is 0 Å². The van der Waals surface area contributed by atoms with Crippen LogP contribution in [0, 0.1) is 5.41 Å². The van der Waals surface area contributed by atoms with E-state index >= 15 is 0 Å². The first kappa shape index (κ1) is 14.1. The molecule has 3 heterocycles. The maximum absolute atomic E-state index is 12.5. The van der Waals surface area contributed by atoms with Crippen molar-refractivity contribution in [3.05, 3.63) is 32.6 Å². The Morgan fingerprint density at radius 2 is 2.00 bits per heavy atom. The van der Waals surface area contributed by atoms with E-state index < -0.39 is 11.2 Å². The van der Waals surface area contributed by atoms with E-state index in [9.17, 15) is 14.4 Å². The van der Waals surface area contributed by atoms with E-state index in [1.54, 1.807) is 4.90 Å². The van der Waals surface area contributed by atoms with Gasteiger partial charge in [0, 0.05) is 31.1 Å². The Bertz CT molecular complexity index is 608. The third-order valence-electron chi connectivity index (χ3n) is 4.50. The summed E-state index contributed by atoms with van der Waals surface area (Å²) in [6, 6.07) is 1.16. The Hall–Kier alpha value is -1.89. The smallest absolute Gasteiger partial charge is 0.326 e. The first-order valence-electron chi connectivity index (χ1n) is 7.42. The number of piperidine rings is 2. The fraction of sp³-hybridized carbons (Fsp3) is 0.643. The molecule has 1 atom stereocenters. The molecule has 7 nitrogen and oxygen atoms in total. The number of nitrogens with zero attached hydrogens (tertiary/aromatic N) is 1. The maximum atomic E-state index is 12.5. The van der Waals surface area contributed by atoms with Gasteiger partial charge in [0.05, 0.1) is 0 Å². The van der Waals surface area contributed by atoms with Gasteiger partial charge in [0.15, 0.2) is 0 Å². The van der Waals surface area contributed by atoms with Crippen LogP contribution in [0.25, 0.3) is 0 Å². The summed E-state index contributed by atoms with van der Waals surface area (Å²) in [6.07, 6.45) is 4.33. The predicted octanol–water partition coefficient (Wildman–Crippen LogP) is -0.331. The topological polar surface area (TPSA) is 98.1 Å². The quantitative estimate of drug-likeness (QED) is 0.660. The van der Waals surface area contributed by atoms with Gasteiger partial charge in [-0.1, -0.05) is 0 Å². The van der Waals surface area contributed by atoms with Gasteiger partial charge in [-0.3, -0.25) is 14.6 Å². The van der Waals surface area contributed by atoms with Gasteiger partial charge >= 0.3 is 5.69 Å². The minimum absolute atomic E-state index is 0.0737. The Morgan fingerprint density at radius 1 is 1.19 bits per heavy atom. The number of nitrogens with one attached hydrogen (secondary N) is 3. The lowest BCUT2D eigenvalue weighted by molar-refractivity contribution is 0.0428. The largest absolute Gasteiger partial charge is 0.337 e. The summed E-state index contributed by atoms with van der Waals surface area (Å²) in [5.41, 5.74) is -0.970. The van der Waals surface area contributed by atoms with Crippen LogP contribution in [0.2, 0.25) is 0 Å². The van der Waals surface area contributed by atoms with Gasteiger partial charge in [-0.2, -0.15) is 0 Å². The fourth-order valence-electron chi connectivity index (χ4n) is 3.51. The summed E-state index contributed by atoms with van der Waals surface area (Å²) in [4.78, 5) is 41.4. The van der Waals surface area contributed by atoms with Gasteiger partial charge in [-0.25, -0.2) is 4.79 Å². The molecule has 1 aromatic heterocycles. The van der Waals surface area contributed by atoms with E-state index in [0.717, 1.165) is 44.8 Å². The highest BCUT2D eigenvalue weighted by molar-refractivity contribution is 5.92. The molecule has 0 aliphatic carbocycles. The third kappa shape index (κ3) is 2.92. The molecule has 3 N–H and O–H groups in total. The standard InChI is InChI=1S/C14H20N4O3/c19-11-7-10(16-13(21)17-11)12(20)18-6-2-4-14(9-18)3-1-5-15-8-14/h7,15H,1-6,8-9H2,(H2,16,17,19,21). The molecule has 0 saturated carbocycles. The van der Waals surface area contributed by atoms with Crippen LogP contribution >= 0.6 is 0 Å². The number of carbonyl (C=O) groups excluding carboxylic acids is 1. The first-order valence-corrected chi connectivity index (χ1v) is 7.42. The SMILES string of the molecule is O=C(c1cc(=O)[nH]c(=O)[nH]1)N1CCCC2(CCCNC2)C1. The average molecular weight is 292 g/mol. The predicted molar refractivity (Wildman–Crippen MR) is 77.4 cm³/mol. The minimum Gasteiger partial charge on any atom is -0.337 e. The molecule has 2 aliphatic heterocycles. The number of hydrogen-bond acceptors (Lipinski definition) is 4. The van der Waals surface area contributed by atoms with E-state index in [2.05, 4.69) is 15.3 Å². The Labute approximate surface area is 121 Å². The fourth-order valence-corrected chi connectivity index (χ4v) is 3.51. The summed E-state index contributed by atoms with van der Waals surface area (Å²) < 4.78 is 0. The molecule has 2 fully saturated rings. The van der Waals surface area contributed by atoms with Crippen molar-refractivity contribution in [2.45, 2.75) is 25.7 Å². The van der Waals surface area contributed by atoms with Gasteiger partial charge in [-0.05, 0) is 32.2 Å². The number of rotatable bonds is 1. The lowest BCUT2D eigenvalue weighted by atomic mass is 9.74. The van der Waals surface area contributed by atoms with Crippen molar-refractivity contribution in [2.24, 2.45) is 5.41 Å². The summed E-state index contributed by atoms with van der Waals surface area (Å²) in [6.45, 7) is 3.34. The highest BCUT2D eigenvalue weighted by atomic mass is 16.2. The number of aromatic nitrogens is 2. The van der Waals surface area contributed by atoms with Crippen molar-refractivity contribution in [3.63, 3.8) is 0 Å². The monoisotopic (exact) mass is 292 g/mol. The Balaban J connectivity index is 1.80. The molecular weight excluding hydrogens is 272 g/mol. The molecule has 0 radical (unpaired) electrons. The molecule has 114 valence electrons. The molecule has 2 aliphatic rings. The maximum Gasteiger partial charge on any atom is 0.326 e. The molecule has 0 aromatic carbocycles. The third-order valence-corrected chi connectivity index (χ3v) is 4.50. The molecule has 3 rings (SSSR count). The Morgan fingerprint density at radius 3 is 2.71 bits per heavy atom. The van der Waals surface area contributed by atoms with Crippen molar-refractivity contribution < 1.29 is 4.79 Å². The van der Waals surface area contributed by atoms with Gasteiger partial charge in [0.1, 0.15) is 5.69 Å². The number of likely N-dealkylation sites (tertiary alicyclic amines) is 1. The number of aromatic amines is 2. The van der Waals surface area contributed by atoms with E-state index in [1.807, 2.05) is 0 Å². The molecular formula is C14H20N4O3. The summed E-state index contributed by atoms with van der Waals surface area (Å²) >= 11 is 0.